The molecule has 0 unspecified atom stereocenters. The minimum Gasteiger partial charge on any atom is -0.485 e. The van der Waals surface area contributed by atoms with Crippen LogP contribution in [0.15, 0.2) is 47.5 Å². The highest BCUT2D eigenvalue weighted by atomic mass is 35.5. The van der Waals surface area contributed by atoms with Crippen molar-refractivity contribution in [2.45, 2.75) is 12.6 Å². The molecule has 26 heavy (non-hydrogen) atoms. The van der Waals surface area contributed by atoms with Crippen LogP contribution in [0.4, 0.5) is 0 Å². The Bertz CT molecular complexity index is 1110. The summed E-state index contributed by atoms with van der Waals surface area (Å²) < 4.78 is 14.0. The van der Waals surface area contributed by atoms with E-state index in [4.69, 9.17) is 27.5 Å². The lowest BCUT2D eigenvalue weighted by molar-refractivity contribution is -0.127. The van der Waals surface area contributed by atoms with E-state index in [1.807, 2.05) is 24.3 Å². The van der Waals surface area contributed by atoms with Crippen LogP contribution in [-0.2, 0) is 11.3 Å². The predicted octanol–water partition coefficient (Wildman–Crippen LogP) is 3.26. The molecule has 7 heteroatoms. The van der Waals surface area contributed by atoms with Gasteiger partial charge < -0.3 is 14.0 Å². The van der Waals surface area contributed by atoms with Gasteiger partial charge in [0.1, 0.15) is 6.61 Å². The fourth-order valence-electron chi connectivity index (χ4n) is 2.72. The zero-order valence-electron chi connectivity index (χ0n) is 13.5. The zero-order valence-corrected chi connectivity index (χ0v) is 15.1. The summed E-state index contributed by atoms with van der Waals surface area (Å²) in [5.41, 5.74) is 0.773. The molecule has 2 heterocycles. The fraction of sp³-hybridized carbons (Fsp3) is 0.158. The number of para-hydroxylation sites is 3. The summed E-state index contributed by atoms with van der Waals surface area (Å²) in [6.45, 7) is 0.376. The van der Waals surface area contributed by atoms with Gasteiger partial charge in [-0.25, -0.2) is 0 Å². The van der Waals surface area contributed by atoms with Crippen molar-refractivity contribution in [3.63, 3.8) is 0 Å². The molecule has 5 nitrogen and oxygen atoms in total. The van der Waals surface area contributed by atoms with E-state index in [-0.39, 0.29) is 13.2 Å². The number of fused-ring (bicyclic) bond motifs is 2. The number of carbonyl (C=O) groups excluding carboxylic acids is 1. The van der Waals surface area contributed by atoms with Gasteiger partial charge in [-0.2, -0.15) is 4.99 Å². The molecular weight excluding hydrogens is 372 g/mol. The Balaban J connectivity index is 1.73. The summed E-state index contributed by atoms with van der Waals surface area (Å²) >= 11 is 7.65. The first-order chi connectivity index (χ1) is 12.7. The summed E-state index contributed by atoms with van der Waals surface area (Å²) in [7, 11) is 0. The van der Waals surface area contributed by atoms with Crippen molar-refractivity contribution in [1.82, 2.24) is 4.57 Å². The molecule has 4 rings (SSSR count). The van der Waals surface area contributed by atoms with Gasteiger partial charge in [-0.15, -0.1) is 6.42 Å². The highest BCUT2D eigenvalue weighted by Crippen LogP contribution is 2.31. The van der Waals surface area contributed by atoms with E-state index >= 15 is 0 Å². The Hall–Kier alpha value is -2.75. The van der Waals surface area contributed by atoms with Crippen LogP contribution < -0.4 is 14.3 Å². The quantitative estimate of drug-likeness (QED) is 0.637. The van der Waals surface area contributed by atoms with Crippen LogP contribution in [0.1, 0.15) is 0 Å². The maximum atomic E-state index is 12.6. The second-order valence-electron chi connectivity index (χ2n) is 5.58. The Labute approximate surface area is 158 Å². The van der Waals surface area contributed by atoms with E-state index in [1.165, 1.54) is 11.3 Å². The number of amides is 1. The van der Waals surface area contributed by atoms with E-state index in [1.54, 1.807) is 22.8 Å². The molecule has 1 aromatic heterocycles. The molecule has 0 spiro atoms. The average molecular weight is 385 g/mol. The van der Waals surface area contributed by atoms with Gasteiger partial charge in [-0.1, -0.05) is 47.1 Å². The summed E-state index contributed by atoms with van der Waals surface area (Å²) in [4.78, 5) is 17.4. The lowest BCUT2D eigenvalue weighted by Crippen LogP contribution is -2.36. The Morgan fingerprint density at radius 3 is 2.92 bits per heavy atom. The molecule has 3 aromatic rings. The number of thiazole rings is 1. The molecule has 0 saturated heterocycles. The van der Waals surface area contributed by atoms with Crippen LogP contribution in [0.2, 0.25) is 5.02 Å². The zero-order chi connectivity index (χ0) is 18.1. The number of benzene rings is 2. The Morgan fingerprint density at radius 2 is 2.12 bits per heavy atom. The number of halogens is 1. The number of carbonyl (C=O) groups is 1. The largest absolute Gasteiger partial charge is 0.485 e. The van der Waals surface area contributed by atoms with E-state index in [0.29, 0.717) is 21.3 Å². The van der Waals surface area contributed by atoms with Crippen molar-refractivity contribution in [1.29, 1.82) is 0 Å². The van der Waals surface area contributed by atoms with Crippen molar-refractivity contribution in [2.75, 3.05) is 6.61 Å². The lowest BCUT2D eigenvalue weighted by Gasteiger charge is -2.23. The first kappa shape index (κ1) is 16.7. The molecule has 0 fully saturated rings. The smallest absolute Gasteiger partial charge is 0.292 e. The minimum atomic E-state index is -0.801. The molecule has 0 bridgehead atoms. The van der Waals surface area contributed by atoms with Gasteiger partial charge in [0.15, 0.2) is 16.3 Å². The Kier molecular flexibility index (Phi) is 4.41. The molecule has 1 aliphatic rings. The number of rotatable bonds is 2. The summed E-state index contributed by atoms with van der Waals surface area (Å²) in [6.07, 6.45) is 4.67. The second kappa shape index (κ2) is 6.87. The van der Waals surface area contributed by atoms with E-state index < -0.39 is 12.0 Å². The van der Waals surface area contributed by atoms with Crippen molar-refractivity contribution in [3.05, 3.63) is 52.3 Å². The molecule has 130 valence electrons. The third kappa shape index (κ3) is 2.96. The number of nitrogens with zero attached hydrogens (tertiary/aromatic N) is 2. The third-order valence-electron chi connectivity index (χ3n) is 3.89. The summed E-state index contributed by atoms with van der Waals surface area (Å²) in [5.74, 6) is 3.31. The fourth-order valence-corrected chi connectivity index (χ4v) is 4.11. The van der Waals surface area contributed by atoms with Crippen molar-refractivity contribution in [2.24, 2.45) is 4.99 Å². The van der Waals surface area contributed by atoms with Crippen LogP contribution in [0.25, 0.3) is 10.2 Å². The van der Waals surface area contributed by atoms with Crippen molar-refractivity contribution in [3.8, 4) is 23.8 Å². The number of ether oxygens (including phenoxy) is 2. The monoisotopic (exact) mass is 384 g/mol. The normalized spacial score (nSPS) is 16.5. The van der Waals surface area contributed by atoms with Crippen LogP contribution in [0.3, 0.4) is 0 Å². The molecule has 0 N–H and O–H groups in total. The third-order valence-corrected chi connectivity index (χ3v) is 5.24. The molecular formula is C19H13ClN2O3S. The van der Waals surface area contributed by atoms with Crippen LogP contribution >= 0.6 is 22.9 Å². The van der Waals surface area contributed by atoms with Gasteiger partial charge in [-0.05, 0) is 24.3 Å². The lowest BCUT2D eigenvalue weighted by atomic mass is 10.2. The minimum absolute atomic E-state index is 0.111. The first-order valence-corrected chi connectivity index (χ1v) is 9.05. The van der Waals surface area contributed by atoms with Gasteiger partial charge in [0.05, 0.1) is 21.8 Å². The van der Waals surface area contributed by atoms with Gasteiger partial charge in [0.25, 0.3) is 5.91 Å². The van der Waals surface area contributed by atoms with Gasteiger partial charge >= 0.3 is 0 Å². The second-order valence-corrected chi connectivity index (χ2v) is 6.99. The van der Waals surface area contributed by atoms with Gasteiger partial charge in [0, 0.05) is 0 Å². The highest BCUT2D eigenvalue weighted by molar-refractivity contribution is 7.16. The SMILES string of the molecule is C#CCn1c(=NC(=O)[C@H]2COc3ccccc3O2)sc2cccc(Cl)c21. The van der Waals surface area contributed by atoms with Crippen molar-refractivity contribution < 1.29 is 14.3 Å². The van der Waals surface area contributed by atoms with Crippen LogP contribution in [0, 0.1) is 12.3 Å². The maximum absolute atomic E-state index is 12.6. The predicted molar refractivity (Wildman–Crippen MR) is 101 cm³/mol. The van der Waals surface area contributed by atoms with Crippen molar-refractivity contribution >= 4 is 39.1 Å². The van der Waals surface area contributed by atoms with E-state index in [2.05, 4.69) is 10.9 Å². The molecule has 1 amide bonds. The number of hydrogen-bond donors (Lipinski definition) is 0. The van der Waals surface area contributed by atoms with Crippen LogP contribution in [0.5, 0.6) is 11.5 Å². The number of terminal acetylenes is 1. The molecule has 2 aromatic carbocycles. The van der Waals surface area contributed by atoms with E-state index in [0.717, 1.165) is 10.2 Å². The maximum Gasteiger partial charge on any atom is 0.292 e. The molecule has 0 radical (unpaired) electrons. The standard InChI is InChI=1S/C19H13ClN2O3S/c1-2-10-22-17-12(20)6-5-9-16(17)26-19(22)21-18(23)15-11-24-13-7-3-4-8-14(13)25-15/h1,3-9,15H,10-11H2/t15-/m1/s1. The average Bonchev–Trinajstić information content (AvgIpc) is 3.00. The van der Waals surface area contributed by atoms with Crippen LogP contribution in [-0.4, -0.2) is 23.2 Å². The van der Waals surface area contributed by atoms with Gasteiger partial charge in [-0.3, -0.25) is 4.79 Å². The Morgan fingerprint density at radius 1 is 1.31 bits per heavy atom. The first-order valence-electron chi connectivity index (χ1n) is 7.86. The molecule has 0 aliphatic carbocycles. The highest BCUT2D eigenvalue weighted by Gasteiger charge is 2.27. The topological polar surface area (TPSA) is 52.8 Å². The van der Waals surface area contributed by atoms with E-state index in [9.17, 15) is 4.79 Å². The molecule has 1 atom stereocenters. The summed E-state index contributed by atoms with van der Waals surface area (Å²) in [5, 5.41) is 0.564. The number of aromatic nitrogens is 1. The summed E-state index contributed by atoms with van der Waals surface area (Å²) in [6, 6.07) is 12.8. The molecule has 1 aliphatic heterocycles. The van der Waals surface area contributed by atoms with Gasteiger partial charge in [0.2, 0.25) is 6.10 Å². The molecule has 0 saturated carbocycles. The number of hydrogen-bond acceptors (Lipinski definition) is 4.